The van der Waals surface area contributed by atoms with E-state index in [1.807, 2.05) is 0 Å². The number of hydrogen-bond acceptors (Lipinski definition) is 2. The lowest BCUT2D eigenvalue weighted by Crippen LogP contribution is -2.46. The van der Waals surface area contributed by atoms with Gasteiger partial charge >= 0.3 is 0 Å². The molecule has 0 aromatic heterocycles. The maximum atomic E-state index is 5.69. The average molecular weight is 204 g/mol. The number of ether oxygens (including phenoxy) is 1. The molecule has 2 atom stereocenters. The predicted molar refractivity (Wildman–Crippen MR) is 56.3 cm³/mol. The first kappa shape index (κ1) is 11.0. The Morgan fingerprint density at radius 2 is 2.00 bits per heavy atom. The van der Waals surface area contributed by atoms with Crippen LogP contribution in [-0.4, -0.2) is 42.6 Å². The Kier molecular flexibility index (Phi) is 4.23. The fourth-order valence-corrected chi connectivity index (χ4v) is 1.86. The second kappa shape index (κ2) is 4.99. The fraction of sp³-hybridized carbons (Fsp3) is 0.800. The van der Waals surface area contributed by atoms with Gasteiger partial charge in [-0.2, -0.15) is 0 Å². The molecule has 0 amide bonds. The van der Waals surface area contributed by atoms with Crippen molar-refractivity contribution in [1.29, 1.82) is 0 Å². The molecule has 2 nitrogen and oxygen atoms in total. The molecular weight excluding hydrogens is 186 g/mol. The van der Waals surface area contributed by atoms with E-state index in [-0.39, 0.29) is 0 Å². The minimum Gasteiger partial charge on any atom is -0.373 e. The van der Waals surface area contributed by atoms with Gasteiger partial charge in [-0.3, -0.25) is 4.90 Å². The highest BCUT2D eigenvalue weighted by Gasteiger charge is 2.21. The Labute approximate surface area is 85.5 Å². The Morgan fingerprint density at radius 3 is 2.46 bits per heavy atom. The summed E-state index contributed by atoms with van der Waals surface area (Å²) in [6.07, 6.45) is 0.652. The zero-order valence-electron chi connectivity index (χ0n) is 8.42. The molecule has 0 saturated carbocycles. The third-order valence-corrected chi connectivity index (χ3v) is 2.51. The van der Waals surface area contributed by atoms with Gasteiger partial charge in [-0.15, -0.1) is 11.6 Å². The van der Waals surface area contributed by atoms with E-state index in [1.165, 1.54) is 0 Å². The zero-order chi connectivity index (χ0) is 9.84. The van der Waals surface area contributed by atoms with Crippen molar-refractivity contribution in [3.05, 3.63) is 12.2 Å². The summed E-state index contributed by atoms with van der Waals surface area (Å²) >= 11 is 5.69. The molecule has 1 fully saturated rings. The number of nitrogens with zero attached hydrogens (tertiary/aromatic N) is 1. The summed E-state index contributed by atoms with van der Waals surface area (Å²) < 4.78 is 5.63. The highest BCUT2D eigenvalue weighted by molar-refractivity contribution is 6.19. The van der Waals surface area contributed by atoms with Crippen molar-refractivity contribution >= 4 is 11.6 Å². The van der Waals surface area contributed by atoms with Gasteiger partial charge in [-0.25, -0.2) is 0 Å². The normalized spacial score (nSPS) is 30.4. The van der Waals surface area contributed by atoms with Crippen molar-refractivity contribution in [2.45, 2.75) is 26.1 Å². The molecule has 0 bridgehead atoms. The summed E-state index contributed by atoms with van der Waals surface area (Å²) in [5.41, 5.74) is 1.09. The number of halogens is 1. The lowest BCUT2D eigenvalue weighted by Gasteiger charge is -2.35. The lowest BCUT2D eigenvalue weighted by molar-refractivity contribution is -0.0652. The molecule has 1 heterocycles. The SMILES string of the molecule is C=C(CCl)CN1CC(C)OC(C)C1. The fourth-order valence-electron chi connectivity index (χ4n) is 1.77. The van der Waals surface area contributed by atoms with Gasteiger partial charge in [0.25, 0.3) is 0 Å². The Bertz CT molecular complexity index is 174. The Balaban J connectivity index is 2.37. The van der Waals surface area contributed by atoms with Crippen LogP contribution < -0.4 is 0 Å². The van der Waals surface area contributed by atoms with Crippen molar-refractivity contribution in [1.82, 2.24) is 4.90 Å². The Morgan fingerprint density at radius 1 is 1.46 bits per heavy atom. The van der Waals surface area contributed by atoms with Gasteiger partial charge in [-0.1, -0.05) is 6.58 Å². The van der Waals surface area contributed by atoms with Gasteiger partial charge in [0.05, 0.1) is 12.2 Å². The topological polar surface area (TPSA) is 12.5 Å². The van der Waals surface area contributed by atoms with Crippen molar-refractivity contribution in [2.75, 3.05) is 25.5 Å². The van der Waals surface area contributed by atoms with Crippen LogP contribution in [0.25, 0.3) is 0 Å². The number of rotatable bonds is 3. The molecule has 0 aromatic rings. The summed E-state index contributed by atoms with van der Waals surface area (Å²) in [6, 6.07) is 0. The third kappa shape index (κ3) is 3.67. The molecule has 1 aliphatic rings. The third-order valence-electron chi connectivity index (χ3n) is 2.13. The molecule has 2 unspecified atom stereocenters. The van der Waals surface area contributed by atoms with Crippen LogP contribution in [0.5, 0.6) is 0 Å². The van der Waals surface area contributed by atoms with Crippen LogP contribution in [0.3, 0.4) is 0 Å². The van der Waals surface area contributed by atoms with Gasteiger partial charge in [0.2, 0.25) is 0 Å². The van der Waals surface area contributed by atoms with Crippen molar-refractivity contribution in [3.63, 3.8) is 0 Å². The lowest BCUT2D eigenvalue weighted by atomic mass is 10.2. The van der Waals surface area contributed by atoms with E-state index in [9.17, 15) is 0 Å². The highest BCUT2D eigenvalue weighted by Crippen LogP contribution is 2.11. The van der Waals surface area contributed by atoms with Crippen LogP contribution in [0.2, 0.25) is 0 Å². The standard InChI is InChI=1S/C10H18ClNO/c1-8(4-11)5-12-6-9(2)13-10(3)7-12/h9-10H,1,4-7H2,2-3H3. The molecule has 0 spiro atoms. The van der Waals surface area contributed by atoms with E-state index < -0.39 is 0 Å². The molecule has 1 rings (SSSR count). The first-order valence-corrected chi connectivity index (χ1v) is 5.25. The van der Waals surface area contributed by atoms with E-state index in [1.54, 1.807) is 0 Å². The maximum absolute atomic E-state index is 5.69. The van der Waals surface area contributed by atoms with E-state index in [0.29, 0.717) is 18.1 Å². The first-order valence-electron chi connectivity index (χ1n) is 4.72. The summed E-state index contributed by atoms with van der Waals surface area (Å²) in [7, 11) is 0. The number of hydrogen-bond donors (Lipinski definition) is 0. The van der Waals surface area contributed by atoms with E-state index in [4.69, 9.17) is 16.3 Å². The average Bonchev–Trinajstić information content (AvgIpc) is 2.02. The number of morpholine rings is 1. The smallest absolute Gasteiger partial charge is 0.0678 e. The van der Waals surface area contributed by atoms with Crippen molar-refractivity contribution in [3.8, 4) is 0 Å². The predicted octanol–water partition coefficient (Wildman–Crippen LogP) is 1.89. The summed E-state index contributed by atoms with van der Waals surface area (Å²) in [5, 5.41) is 0. The summed E-state index contributed by atoms with van der Waals surface area (Å²) in [6.45, 7) is 11.0. The van der Waals surface area contributed by atoms with Gasteiger partial charge in [-0.05, 0) is 19.4 Å². The molecule has 0 radical (unpaired) electrons. The van der Waals surface area contributed by atoms with E-state index >= 15 is 0 Å². The zero-order valence-corrected chi connectivity index (χ0v) is 9.18. The molecule has 1 saturated heterocycles. The number of alkyl halides is 1. The quantitative estimate of drug-likeness (QED) is 0.513. The second-order valence-electron chi connectivity index (χ2n) is 3.84. The molecule has 3 heteroatoms. The highest BCUT2D eigenvalue weighted by atomic mass is 35.5. The van der Waals surface area contributed by atoms with Crippen molar-refractivity contribution in [2.24, 2.45) is 0 Å². The van der Waals surface area contributed by atoms with Crippen LogP contribution in [0, 0.1) is 0 Å². The molecule has 76 valence electrons. The molecule has 0 aromatic carbocycles. The maximum Gasteiger partial charge on any atom is 0.0678 e. The largest absolute Gasteiger partial charge is 0.373 e. The van der Waals surface area contributed by atoms with Crippen LogP contribution in [0.1, 0.15) is 13.8 Å². The van der Waals surface area contributed by atoms with E-state index in [0.717, 1.165) is 25.2 Å². The van der Waals surface area contributed by atoms with Gasteiger partial charge in [0, 0.05) is 25.5 Å². The minimum atomic E-state index is 0.326. The molecule has 1 aliphatic heterocycles. The Hall–Kier alpha value is -0.0500. The van der Waals surface area contributed by atoms with Crippen LogP contribution in [0.4, 0.5) is 0 Å². The monoisotopic (exact) mass is 203 g/mol. The van der Waals surface area contributed by atoms with Crippen LogP contribution in [0.15, 0.2) is 12.2 Å². The molecular formula is C10H18ClNO. The van der Waals surface area contributed by atoms with Crippen LogP contribution >= 0.6 is 11.6 Å². The first-order chi connectivity index (χ1) is 6.11. The summed E-state index contributed by atoms with van der Waals surface area (Å²) in [4.78, 5) is 2.35. The van der Waals surface area contributed by atoms with Gasteiger partial charge in [0.15, 0.2) is 0 Å². The molecule has 0 aliphatic carbocycles. The van der Waals surface area contributed by atoms with E-state index in [2.05, 4.69) is 25.3 Å². The molecule has 0 N–H and O–H groups in total. The summed E-state index contributed by atoms with van der Waals surface area (Å²) in [5.74, 6) is 0.556. The molecule has 13 heavy (non-hydrogen) atoms. The minimum absolute atomic E-state index is 0.326. The van der Waals surface area contributed by atoms with Crippen molar-refractivity contribution < 1.29 is 4.74 Å². The van der Waals surface area contributed by atoms with Gasteiger partial charge < -0.3 is 4.74 Å². The van der Waals surface area contributed by atoms with Gasteiger partial charge in [0.1, 0.15) is 0 Å². The second-order valence-corrected chi connectivity index (χ2v) is 4.10. The van der Waals surface area contributed by atoms with Crippen LogP contribution in [-0.2, 0) is 4.74 Å².